The van der Waals surface area contributed by atoms with Crippen LogP contribution in [0.2, 0.25) is 0 Å². The number of nitrogens with zero attached hydrogens (tertiary/aromatic N) is 1. The highest BCUT2D eigenvalue weighted by Crippen LogP contribution is 2.25. The maximum absolute atomic E-state index is 13.0. The van der Waals surface area contributed by atoms with E-state index in [4.69, 9.17) is 0 Å². The summed E-state index contributed by atoms with van der Waals surface area (Å²) in [5.74, 6) is 0.316. The number of nitrogens with one attached hydrogen (secondary N) is 1. The van der Waals surface area contributed by atoms with Gasteiger partial charge >= 0.3 is 0 Å². The van der Waals surface area contributed by atoms with Gasteiger partial charge in [-0.2, -0.15) is 0 Å². The predicted octanol–water partition coefficient (Wildman–Crippen LogP) is 3.89. The highest BCUT2D eigenvalue weighted by Gasteiger charge is 2.23. The molecule has 1 heterocycles. The van der Waals surface area contributed by atoms with Gasteiger partial charge < -0.3 is 5.32 Å². The van der Waals surface area contributed by atoms with Crippen LogP contribution in [-0.4, -0.2) is 26.9 Å². The topological polar surface area (TPSA) is 59.1 Å². The zero-order valence-corrected chi connectivity index (χ0v) is 16.4. The number of hydrogen-bond donors (Lipinski definition) is 1. The third kappa shape index (κ3) is 5.20. The maximum atomic E-state index is 13.0. The zero-order valence-electron chi connectivity index (χ0n) is 14.7. The van der Waals surface area contributed by atoms with E-state index in [9.17, 15) is 13.4 Å². The Morgan fingerprint density at radius 1 is 1.31 bits per heavy atom. The quantitative estimate of drug-likeness (QED) is 0.809. The smallest absolute Gasteiger partial charge is 0.232 e. The van der Waals surface area contributed by atoms with Crippen LogP contribution in [0.25, 0.3) is 10.6 Å². The summed E-state index contributed by atoms with van der Waals surface area (Å²) in [5.41, 5.74) is 1.53. The Balaban J connectivity index is 1.51. The molecule has 3 unspecified atom stereocenters. The summed E-state index contributed by atoms with van der Waals surface area (Å²) >= 11 is 1.43. The second kappa shape index (κ2) is 8.86. The average molecular weight is 395 g/mol. The molecular weight excluding hydrogens is 371 g/mol. The number of benzene rings is 1. The van der Waals surface area contributed by atoms with E-state index in [2.05, 4.69) is 17.2 Å². The number of aromatic nitrogens is 1. The van der Waals surface area contributed by atoms with Gasteiger partial charge in [-0.25, -0.2) is 9.37 Å². The molecular formula is C19H23FN2O2S2. The average Bonchev–Trinajstić information content (AvgIpc) is 3.05. The fraction of sp³-hybridized carbons (Fsp3) is 0.474. The molecule has 4 nitrogen and oxygen atoms in total. The molecule has 1 amide bonds. The SMILES string of the molecule is CC1CCCCC1NC(=O)CS(=O)Cc1csc(-c2ccc(F)cc2)n1. The van der Waals surface area contributed by atoms with Crippen molar-refractivity contribution in [3.63, 3.8) is 0 Å². The van der Waals surface area contributed by atoms with E-state index in [1.807, 2.05) is 5.38 Å². The molecule has 140 valence electrons. The number of thiazole rings is 1. The zero-order chi connectivity index (χ0) is 18.5. The second-order valence-electron chi connectivity index (χ2n) is 6.82. The standard InChI is InChI=1S/C19H23FN2O2S2/c1-13-4-2-3-5-17(13)22-18(23)12-26(24)11-16-10-25-19(21-16)14-6-8-15(20)9-7-14/h6-10,13,17H,2-5,11-12H2,1H3,(H,22,23). The molecule has 0 spiro atoms. The summed E-state index contributed by atoms with van der Waals surface area (Å²) < 4.78 is 25.3. The van der Waals surface area contributed by atoms with Crippen LogP contribution in [0, 0.1) is 11.7 Å². The summed E-state index contributed by atoms with van der Waals surface area (Å²) in [6, 6.07) is 6.34. The third-order valence-corrected chi connectivity index (χ3v) is 6.84. The molecule has 2 aromatic rings. The van der Waals surface area contributed by atoms with Crippen molar-refractivity contribution >= 4 is 28.0 Å². The van der Waals surface area contributed by atoms with Gasteiger partial charge in [0.2, 0.25) is 5.91 Å². The molecule has 1 aromatic carbocycles. The molecule has 1 N–H and O–H groups in total. The van der Waals surface area contributed by atoms with Gasteiger partial charge in [-0.15, -0.1) is 11.3 Å². The van der Waals surface area contributed by atoms with Crippen molar-refractivity contribution in [1.82, 2.24) is 10.3 Å². The van der Waals surface area contributed by atoms with Crippen molar-refractivity contribution in [3.8, 4) is 10.6 Å². The lowest BCUT2D eigenvalue weighted by molar-refractivity contribution is -0.119. The van der Waals surface area contributed by atoms with E-state index in [1.165, 1.54) is 29.9 Å². The molecule has 0 radical (unpaired) electrons. The molecule has 0 saturated heterocycles. The first-order chi connectivity index (χ1) is 12.5. The van der Waals surface area contributed by atoms with Crippen molar-refractivity contribution in [2.75, 3.05) is 5.75 Å². The van der Waals surface area contributed by atoms with Crippen molar-refractivity contribution in [2.24, 2.45) is 5.92 Å². The van der Waals surface area contributed by atoms with Crippen LogP contribution in [0.4, 0.5) is 4.39 Å². The molecule has 3 atom stereocenters. The molecule has 1 aliphatic carbocycles. The van der Waals surface area contributed by atoms with Gasteiger partial charge in [0.1, 0.15) is 16.6 Å². The van der Waals surface area contributed by atoms with Gasteiger partial charge in [0.15, 0.2) is 0 Å². The molecule has 0 aliphatic heterocycles. The van der Waals surface area contributed by atoms with E-state index < -0.39 is 10.8 Å². The Morgan fingerprint density at radius 3 is 2.77 bits per heavy atom. The summed E-state index contributed by atoms with van der Waals surface area (Å²) in [6.45, 7) is 2.16. The lowest BCUT2D eigenvalue weighted by atomic mass is 9.86. The molecule has 1 aromatic heterocycles. The highest BCUT2D eigenvalue weighted by atomic mass is 32.2. The number of carbonyl (C=O) groups is 1. The molecule has 1 aliphatic rings. The summed E-state index contributed by atoms with van der Waals surface area (Å²) in [5, 5.41) is 5.64. The van der Waals surface area contributed by atoms with Crippen LogP contribution >= 0.6 is 11.3 Å². The van der Waals surface area contributed by atoms with E-state index in [-0.39, 0.29) is 29.3 Å². The lowest BCUT2D eigenvalue weighted by Gasteiger charge is -2.29. The van der Waals surface area contributed by atoms with Gasteiger partial charge in [0, 0.05) is 27.8 Å². The number of carbonyl (C=O) groups excluding carboxylic acids is 1. The second-order valence-corrected chi connectivity index (χ2v) is 9.13. The monoisotopic (exact) mass is 394 g/mol. The predicted molar refractivity (Wildman–Crippen MR) is 104 cm³/mol. The molecule has 7 heteroatoms. The number of hydrogen-bond acceptors (Lipinski definition) is 4. The Hall–Kier alpha value is -1.60. The van der Waals surface area contributed by atoms with Crippen LogP contribution in [0.3, 0.4) is 0 Å². The molecule has 1 saturated carbocycles. The summed E-state index contributed by atoms with van der Waals surface area (Å²) in [4.78, 5) is 16.6. The lowest BCUT2D eigenvalue weighted by Crippen LogP contribution is -2.42. The number of amides is 1. The molecule has 0 bridgehead atoms. The van der Waals surface area contributed by atoms with Crippen molar-refractivity contribution in [1.29, 1.82) is 0 Å². The number of rotatable bonds is 6. The summed E-state index contributed by atoms with van der Waals surface area (Å²) in [6.07, 6.45) is 4.51. The number of halogens is 1. The molecule has 1 fully saturated rings. The Morgan fingerprint density at radius 2 is 2.04 bits per heavy atom. The van der Waals surface area contributed by atoms with Crippen LogP contribution in [-0.2, 0) is 21.3 Å². The maximum Gasteiger partial charge on any atom is 0.232 e. The first-order valence-electron chi connectivity index (χ1n) is 8.86. The van der Waals surface area contributed by atoms with Gasteiger partial charge in [-0.3, -0.25) is 9.00 Å². The van der Waals surface area contributed by atoms with Crippen molar-refractivity contribution in [3.05, 3.63) is 41.2 Å². The fourth-order valence-corrected chi connectivity index (χ4v) is 5.13. The first kappa shape index (κ1) is 19.2. The normalized spacial score (nSPS) is 21.3. The molecule has 26 heavy (non-hydrogen) atoms. The van der Waals surface area contributed by atoms with Gasteiger partial charge in [0.25, 0.3) is 0 Å². The minimum atomic E-state index is -1.29. The van der Waals surface area contributed by atoms with E-state index in [0.717, 1.165) is 29.8 Å². The highest BCUT2D eigenvalue weighted by molar-refractivity contribution is 7.84. The van der Waals surface area contributed by atoms with Crippen LogP contribution in [0.15, 0.2) is 29.6 Å². The Kier molecular flexibility index (Phi) is 6.53. The van der Waals surface area contributed by atoms with Crippen LogP contribution in [0.1, 0.15) is 38.3 Å². The minimum Gasteiger partial charge on any atom is -0.352 e. The molecule has 3 rings (SSSR count). The van der Waals surface area contributed by atoms with E-state index in [1.54, 1.807) is 12.1 Å². The van der Waals surface area contributed by atoms with Crippen LogP contribution in [0.5, 0.6) is 0 Å². The van der Waals surface area contributed by atoms with E-state index >= 15 is 0 Å². The Labute approximate surface area is 159 Å². The van der Waals surface area contributed by atoms with Gasteiger partial charge in [-0.1, -0.05) is 19.8 Å². The fourth-order valence-electron chi connectivity index (χ4n) is 3.24. The first-order valence-corrected chi connectivity index (χ1v) is 11.2. The van der Waals surface area contributed by atoms with Crippen LogP contribution < -0.4 is 5.32 Å². The van der Waals surface area contributed by atoms with Gasteiger partial charge in [-0.05, 0) is 43.0 Å². The van der Waals surface area contributed by atoms with Gasteiger partial charge in [0.05, 0.1) is 11.4 Å². The van der Waals surface area contributed by atoms with Crippen molar-refractivity contribution < 1.29 is 13.4 Å². The third-order valence-electron chi connectivity index (χ3n) is 4.70. The summed E-state index contributed by atoms with van der Waals surface area (Å²) in [7, 11) is -1.29. The van der Waals surface area contributed by atoms with Crippen molar-refractivity contribution in [2.45, 2.75) is 44.4 Å². The minimum absolute atomic E-state index is 0.00658. The Bertz CT molecular complexity index is 776. The largest absolute Gasteiger partial charge is 0.352 e. The van der Waals surface area contributed by atoms with E-state index in [0.29, 0.717) is 11.6 Å².